The molecule has 6 heteroatoms. The maximum absolute atomic E-state index is 10.6. The topological polar surface area (TPSA) is 80.7 Å². The molecule has 1 saturated carbocycles. The van der Waals surface area contributed by atoms with E-state index in [0.717, 1.165) is 28.1 Å². The summed E-state index contributed by atoms with van der Waals surface area (Å²) in [5, 5.41) is 11.2. The van der Waals surface area contributed by atoms with E-state index in [1.165, 1.54) is 0 Å². The average Bonchev–Trinajstić information content (AvgIpc) is 2.77. The zero-order valence-electron chi connectivity index (χ0n) is 17.0. The highest BCUT2D eigenvalue weighted by atomic mass is 16.5. The van der Waals surface area contributed by atoms with Crippen molar-refractivity contribution in [3.8, 4) is 11.5 Å². The van der Waals surface area contributed by atoms with Crippen molar-refractivity contribution in [3.05, 3.63) is 96.3 Å². The Kier molecular flexibility index (Phi) is 6.17. The molecule has 0 bridgehead atoms. The first-order chi connectivity index (χ1) is 15.1. The number of hydrogen-bond donors (Lipinski definition) is 2. The molecule has 0 saturated heterocycles. The van der Waals surface area contributed by atoms with E-state index >= 15 is 0 Å². The molecule has 1 heterocycles. The number of carbonyl (C=O) groups is 1. The molecule has 4 rings (SSSR count). The maximum atomic E-state index is 10.6. The molecule has 3 aromatic rings. The minimum atomic E-state index is -0.997. The molecule has 2 aromatic carbocycles. The van der Waals surface area contributed by atoms with E-state index in [9.17, 15) is 4.79 Å². The highest BCUT2D eigenvalue weighted by molar-refractivity contribution is 5.76. The van der Waals surface area contributed by atoms with Crippen LogP contribution in [0.15, 0.2) is 79.5 Å². The van der Waals surface area contributed by atoms with Crippen LogP contribution in [0.4, 0.5) is 4.79 Å². The molecule has 1 aliphatic carbocycles. The third-order valence-electron chi connectivity index (χ3n) is 5.22. The molecule has 0 atom stereocenters. The number of amides is 1. The van der Waals surface area contributed by atoms with Crippen LogP contribution in [0.3, 0.4) is 0 Å². The van der Waals surface area contributed by atoms with E-state index < -0.39 is 6.09 Å². The van der Waals surface area contributed by atoms with Gasteiger partial charge in [0.05, 0.1) is 11.9 Å². The minimum absolute atomic E-state index is 0.0103. The third-order valence-corrected chi connectivity index (χ3v) is 5.22. The second-order valence-corrected chi connectivity index (χ2v) is 7.51. The van der Waals surface area contributed by atoms with E-state index in [-0.39, 0.29) is 12.1 Å². The highest BCUT2D eigenvalue weighted by Gasteiger charge is 2.32. The van der Waals surface area contributed by atoms with Gasteiger partial charge in [-0.1, -0.05) is 49.0 Å². The lowest BCUT2D eigenvalue weighted by molar-refractivity contribution is 0.0830. The van der Waals surface area contributed by atoms with Crippen molar-refractivity contribution in [2.24, 2.45) is 0 Å². The first-order valence-corrected chi connectivity index (χ1v) is 10.2. The summed E-state index contributed by atoms with van der Waals surface area (Å²) in [5.41, 5.74) is 3.67. The van der Waals surface area contributed by atoms with Gasteiger partial charge in [0, 0.05) is 24.5 Å². The Labute approximate surface area is 181 Å². The number of benzene rings is 2. The van der Waals surface area contributed by atoms with E-state index in [1.54, 1.807) is 6.20 Å². The molecule has 1 amide bonds. The third kappa shape index (κ3) is 5.42. The fourth-order valence-corrected chi connectivity index (χ4v) is 3.42. The standard InChI is InChI=1S/C25H24N2O4/c1-17(19-7-9-21(10-8-19)30-16-18-5-3-2-4-6-18)24-12-11-22(15-26-24)31-23-13-20(14-23)27-25(28)29/h2-12,15,20,23,27H,1,13-14,16H2,(H,28,29)/t20-,23-. The van der Waals surface area contributed by atoms with Crippen molar-refractivity contribution in [3.63, 3.8) is 0 Å². The Bertz CT molecular complexity index is 1030. The Hall–Kier alpha value is -3.80. The van der Waals surface area contributed by atoms with E-state index in [1.807, 2.05) is 66.7 Å². The molecule has 0 unspecified atom stereocenters. The van der Waals surface area contributed by atoms with Gasteiger partial charge < -0.3 is 19.9 Å². The molecule has 6 nitrogen and oxygen atoms in total. The molecule has 1 aromatic heterocycles. The number of aromatic nitrogens is 1. The van der Waals surface area contributed by atoms with Gasteiger partial charge in [-0.05, 0) is 35.4 Å². The minimum Gasteiger partial charge on any atom is -0.489 e. The quantitative estimate of drug-likeness (QED) is 0.546. The molecule has 0 aliphatic heterocycles. The van der Waals surface area contributed by atoms with Crippen molar-refractivity contribution >= 4 is 11.7 Å². The molecule has 0 radical (unpaired) electrons. The van der Waals surface area contributed by atoms with Gasteiger partial charge in [-0.3, -0.25) is 4.98 Å². The van der Waals surface area contributed by atoms with Crippen LogP contribution >= 0.6 is 0 Å². The summed E-state index contributed by atoms with van der Waals surface area (Å²) in [4.78, 5) is 15.1. The zero-order chi connectivity index (χ0) is 21.6. The van der Waals surface area contributed by atoms with Crippen LogP contribution in [0.1, 0.15) is 29.7 Å². The molecule has 1 aliphatic rings. The summed E-state index contributed by atoms with van der Waals surface area (Å²) in [6, 6.07) is 21.6. The molecule has 2 N–H and O–H groups in total. The van der Waals surface area contributed by atoms with Crippen LogP contribution < -0.4 is 14.8 Å². The van der Waals surface area contributed by atoms with Crippen molar-refractivity contribution in [2.75, 3.05) is 0 Å². The largest absolute Gasteiger partial charge is 0.489 e. The van der Waals surface area contributed by atoms with Crippen LogP contribution in [0.25, 0.3) is 5.57 Å². The molecular formula is C25H24N2O4. The first-order valence-electron chi connectivity index (χ1n) is 10.2. The molecule has 158 valence electrons. The number of nitrogens with zero attached hydrogens (tertiary/aromatic N) is 1. The Morgan fingerprint density at radius 3 is 2.39 bits per heavy atom. The van der Waals surface area contributed by atoms with Crippen LogP contribution in [0.5, 0.6) is 11.5 Å². The first kappa shape index (κ1) is 20.5. The summed E-state index contributed by atoms with van der Waals surface area (Å²) in [5.74, 6) is 1.47. The number of ether oxygens (including phenoxy) is 2. The van der Waals surface area contributed by atoms with Crippen molar-refractivity contribution < 1.29 is 19.4 Å². The number of hydrogen-bond acceptors (Lipinski definition) is 4. The lowest BCUT2D eigenvalue weighted by atomic mass is 9.89. The van der Waals surface area contributed by atoms with Crippen LogP contribution in [-0.2, 0) is 6.61 Å². The predicted octanol–water partition coefficient (Wildman–Crippen LogP) is 4.90. The van der Waals surface area contributed by atoms with E-state index in [0.29, 0.717) is 25.2 Å². The number of rotatable bonds is 8. The predicted molar refractivity (Wildman–Crippen MR) is 118 cm³/mol. The molecule has 31 heavy (non-hydrogen) atoms. The van der Waals surface area contributed by atoms with Gasteiger partial charge in [0.15, 0.2) is 0 Å². The normalized spacial score (nSPS) is 17.3. The second kappa shape index (κ2) is 9.34. The summed E-state index contributed by atoms with van der Waals surface area (Å²) in [6.45, 7) is 4.69. The lowest BCUT2D eigenvalue weighted by Gasteiger charge is -2.34. The van der Waals surface area contributed by atoms with Crippen molar-refractivity contribution in [1.29, 1.82) is 0 Å². The fraction of sp³-hybridized carbons (Fsp3) is 0.200. The van der Waals surface area contributed by atoms with Crippen LogP contribution in [-0.4, -0.2) is 28.3 Å². The van der Waals surface area contributed by atoms with Crippen molar-refractivity contribution in [2.45, 2.75) is 31.6 Å². The van der Waals surface area contributed by atoms with Crippen molar-refractivity contribution in [1.82, 2.24) is 10.3 Å². The van der Waals surface area contributed by atoms with Gasteiger partial charge >= 0.3 is 6.09 Å². The summed E-state index contributed by atoms with van der Waals surface area (Å²) < 4.78 is 11.7. The van der Waals surface area contributed by atoms with Gasteiger partial charge in [-0.2, -0.15) is 0 Å². The van der Waals surface area contributed by atoms with E-state index in [2.05, 4.69) is 16.9 Å². The molecular weight excluding hydrogens is 392 g/mol. The summed E-state index contributed by atoms with van der Waals surface area (Å²) in [6.07, 6.45) is 2.02. The Balaban J connectivity index is 1.29. The monoisotopic (exact) mass is 416 g/mol. The highest BCUT2D eigenvalue weighted by Crippen LogP contribution is 2.27. The van der Waals surface area contributed by atoms with Gasteiger partial charge in [0.25, 0.3) is 0 Å². The zero-order valence-corrected chi connectivity index (χ0v) is 17.0. The van der Waals surface area contributed by atoms with Gasteiger partial charge in [0.2, 0.25) is 0 Å². The second-order valence-electron chi connectivity index (χ2n) is 7.51. The van der Waals surface area contributed by atoms with Gasteiger partial charge in [-0.15, -0.1) is 0 Å². The van der Waals surface area contributed by atoms with Crippen LogP contribution in [0, 0.1) is 0 Å². The maximum Gasteiger partial charge on any atom is 0.404 e. The lowest BCUT2D eigenvalue weighted by Crippen LogP contribution is -2.48. The summed E-state index contributed by atoms with van der Waals surface area (Å²) in [7, 11) is 0. The number of nitrogens with one attached hydrogen (secondary N) is 1. The smallest absolute Gasteiger partial charge is 0.404 e. The number of carboxylic acid groups (broad SMARTS) is 1. The fourth-order valence-electron chi connectivity index (χ4n) is 3.42. The molecule has 1 fully saturated rings. The molecule has 0 spiro atoms. The Morgan fingerprint density at radius 1 is 1.03 bits per heavy atom. The number of pyridine rings is 1. The Morgan fingerprint density at radius 2 is 1.74 bits per heavy atom. The van der Waals surface area contributed by atoms with Crippen LogP contribution in [0.2, 0.25) is 0 Å². The SMILES string of the molecule is C=C(c1ccc(OCc2ccccc2)cc1)c1ccc(O[C@H]2C[C@H](NC(=O)O)C2)cn1. The van der Waals surface area contributed by atoms with Gasteiger partial charge in [-0.25, -0.2) is 4.79 Å². The van der Waals surface area contributed by atoms with Gasteiger partial charge in [0.1, 0.15) is 24.2 Å². The summed E-state index contributed by atoms with van der Waals surface area (Å²) >= 11 is 0. The average molecular weight is 416 g/mol. The van der Waals surface area contributed by atoms with E-state index in [4.69, 9.17) is 14.6 Å².